The van der Waals surface area contributed by atoms with Gasteiger partial charge in [-0.15, -0.1) is 0 Å². The van der Waals surface area contributed by atoms with Gasteiger partial charge in [-0.1, -0.05) is 29.8 Å². The van der Waals surface area contributed by atoms with E-state index < -0.39 is 24.0 Å². The average Bonchev–Trinajstić information content (AvgIpc) is 3.63. The van der Waals surface area contributed by atoms with Crippen LogP contribution in [0.4, 0.5) is 11.4 Å². The van der Waals surface area contributed by atoms with E-state index in [4.69, 9.17) is 40.1 Å². The number of halogens is 1. The topological polar surface area (TPSA) is 137 Å². The number of fused-ring (bicyclic) bond motifs is 2. The first-order valence-electron chi connectivity index (χ1n) is 16.1. The number of hydrogen-bond donors (Lipinski definition) is 2. The van der Waals surface area contributed by atoms with Crippen LogP contribution in [0.15, 0.2) is 83.2 Å². The zero-order valence-corrected chi connectivity index (χ0v) is 27.9. The van der Waals surface area contributed by atoms with Crippen molar-refractivity contribution in [2.45, 2.75) is 32.5 Å². The largest absolute Gasteiger partial charge is 0.464 e. The Bertz CT molecular complexity index is 1890. The molecule has 2 aliphatic heterocycles. The van der Waals surface area contributed by atoms with Gasteiger partial charge in [0.05, 0.1) is 49.5 Å². The van der Waals surface area contributed by atoms with Gasteiger partial charge in [0.2, 0.25) is 6.29 Å². The standard InChI is InChI=1S/C37H37ClN2O9/c1-3-47-37-27(12-14-45-16-17-46-15-13-41)28(30-21-48-32-7-5-4-6-25(30)32)20-33(49-37)34(42)39-24-9-11-31(22(2)18-24)40-35(43)26-10-8-23(38)19-29(26)36(40)44/h4-11,18-21,27-28,37,41H,3,12-17H2,1-2H3,(H,39,42). The van der Waals surface area contributed by atoms with E-state index in [1.165, 1.54) is 6.07 Å². The van der Waals surface area contributed by atoms with Crippen molar-refractivity contribution in [3.05, 3.63) is 106 Å². The molecule has 3 unspecified atom stereocenters. The molecule has 3 heterocycles. The van der Waals surface area contributed by atoms with Crippen LogP contribution in [0.2, 0.25) is 5.02 Å². The number of nitrogens with one attached hydrogen (secondary N) is 1. The van der Waals surface area contributed by atoms with Gasteiger partial charge in [-0.2, -0.15) is 0 Å². The number of imide groups is 1. The van der Waals surface area contributed by atoms with Crippen LogP contribution in [0.3, 0.4) is 0 Å². The quantitative estimate of drug-likeness (QED) is 0.117. The van der Waals surface area contributed by atoms with Crippen LogP contribution in [-0.2, 0) is 23.7 Å². The molecule has 0 spiro atoms. The molecule has 2 N–H and O–H groups in total. The zero-order chi connectivity index (χ0) is 34.5. The normalized spacial score (nSPS) is 18.8. The molecule has 0 radical (unpaired) electrons. The second kappa shape index (κ2) is 15.4. The third-order valence-electron chi connectivity index (χ3n) is 8.56. The number of carbonyl (C=O) groups is 3. The summed E-state index contributed by atoms with van der Waals surface area (Å²) in [6.45, 7) is 5.32. The fourth-order valence-electron chi connectivity index (χ4n) is 6.27. The number of hydrogen-bond acceptors (Lipinski definition) is 9. The predicted octanol–water partition coefficient (Wildman–Crippen LogP) is 6.23. The lowest BCUT2D eigenvalue weighted by molar-refractivity contribution is -0.166. The van der Waals surface area contributed by atoms with Gasteiger partial charge in [0.25, 0.3) is 17.7 Å². The number of aliphatic hydroxyl groups excluding tert-OH is 1. The Hall–Kier alpha value is -4.52. The molecule has 0 saturated carbocycles. The molecule has 0 fully saturated rings. The number of allylic oxidation sites excluding steroid dienone is 1. The van der Waals surface area contributed by atoms with Crippen molar-refractivity contribution in [3.63, 3.8) is 0 Å². The molecule has 0 aliphatic carbocycles. The molecular formula is C37H37ClN2O9. The van der Waals surface area contributed by atoms with Crippen LogP contribution in [0.25, 0.3) is 11.0 Å². The number of para-hydroxylation sites is 1. The highest BCUT2D eigenvalue weighted by Gasteiger charge is 2.40. The number of benzene rings is 3. The second-order valence-electron chi connectivity index (χ2n) is 11.7. The molecule has 3 aromatic carbocycles. The van der Waals surface area contributed by atoms with E-state index in [1.54, 1.807) is 49.6 Å². The third-order valence-corrected chi connectivity index (χ3v) is 8.79. The van der Waals surface area contributed by atoms with Crippen molar-refractivity contribution in [3.8, 4) is 0 Å². The number of aliphatic hydroxyl groups is 1. The van der Waals surface area contributed by atoms with E-state index >= 15 is 0 Å². The first-order chi connectivity index (χ1) is 23.8. The molecule has 2 aliphatic rings. The summed E-state index contributed by atoms with van der Waals surface area (Å²) in [5, 5.41) is 13.1. The summed E-state index contributed by atoms with van der Waals surface area (Å²) in [4.78, 5) is 41.1. The Morgan fingerprint density at radius 1 is 0.980 bits per heavy atom. The Kier molecular flexibility index (Phi) is 10.8. The second-order valence-corrected chi connectivity index (χ2v) is 12.1. The molecule has 256 valence electrons. The van der Waals surface area contributed by atoms with Crippen molar-refractivity contribution < 1.29 is 42.9 Å². The molecule has 1 aromatic heterocycles. The van der Waals surface area contributed by atoms with Crippen LogP contribution in [0.5, 0.6) is 0 Å². The molecule has 3 amide bonds. The predicted molar refractivity (Wildman–Crippen MR) is 183 cm³/mol. The van der Waals surface area contributed by atoms with Crippen molar-refractivity contribution in [2.24, 2.45) is 5.92 Å². The Morgan fingerprint density at radius 2 is 1.76 bits per heavy atom. The number of anilines is 2. The minimum Gasteiger partial charge on any atom is -0.464 e. The van der Waals surface area contributed by atoms with Gasteiger partial charge in [-0.25, -0.2) is 4.90 Å². The summed E-state index contributed by atoms with van der Waals surface area (Å²) in [6, 6.07) is 17.3. The van der Waals surface area contributed by atoms with Crippen molar-refractivity contribution in [1.82, 2.24) is 0 Å². The number of rotatable bonds is 14. The number of ether oxygens (including phenoxy) is 4. The summed E-state index contributed by atoms with van der Waals surface area (Å²) in [5.41, 5.74) is 3.62. The number of aryl methyl sites for hydroxylation is 1. The van der Waals surface area contributed by atoms with E-state index in [9.17, 15) is 14.4 Å². The first kappa shape index (κ1) is 34.3. The highest BCUT2D eigenvalue weighted by atomic mass is 35.5. The first-order valence-corrected chi connectivity index (χ1v) is 16.5. The van der Waals surface area contributed by atoms with Gasteiger partial charge < -0.3 is 33.8 Å². The highest BCUT2D eigenvalue weighted by Crippen LogP contribution is 2.42. The maximum atomic E-state index is 13.8. The summed E-state index contributed by atoms with van der Waals surface area (Å²) in [6.07, 6.45) is 3.31. The molecule has 0 bridgehead atoms. The SMILES string of the molecule is CCOC1OC(C(=O)Nc2ccc(N3C(=O)c4ccc(Cl)cc4C3=O)c(C)c2)=CC(c2coc3ccccc23)C1CCOCCOCCO. The smallest absolute Gasteiger partial charge is 0.290 e. The number of carbonyl (C=O) groups excluding carboxylic acids is 3. The van der Waals surface area contributed by atoms with E-state index in [0.29, 0.717) is 54.8 Å². The van der Waals surface area contributed by atoms with Crippen LogP contribution in [0.1, 0.15) is 51.1 Å². The minimum absolute atomic E-state index is 0.0467. The van der Waals surface area contributed by atoms with Gasteiger partial charge in [0.1, 0.15) is 5.58 Å². The van der Waals surface area contributed by atoms with E-state index in [-0.39, 0.29) is 41.9 Å². The van der Waals surface area contributed by atoms with Crippen LogP contribution in [-0.4, -0.2) is 68.8 Å². The van der Waals surface area contributed by atoms with Crippen LogP contribution >= 0.6 is 11.6 Å². The molecule has 11 nitrogen and oxygen atoms in total. The van der Waals surface area contributed by atoms with E-state index in [0.717, 1.165) is 21.4 Å². The fraction of sp³-hybridized carbons (Fsp3) is 0.324. The monoisotopic (exact) mass is 688 g/mol. The third kappa shape index (κ3) is 7.26. The Labute approximate surface area is 288 Å². The summed E-state index contributed by atoms with van der Waals surface area (Å²) in [7, 11) is 0. The Morgan fingerprint density at radius 3 is 2.53 bits per heavy atom. The van der Waals surface area contributed by atoms with Crippen LogP contribution in [0, 0.1) is 12.8 Å². The average molecular weight is 689 g/mol. The van der Waals surface area contributed by atoms with Crippen molar-refractivity contribution in [2.75, 3.05) is 49.9 Å². The zero-order valence-electron chi connectivity index (χ0n) is 27.1. The highest BCUT2D eigenvalue weighted by molar-refractivity contribution is 6.37. The minimum atomic E-state index is -0.755. The summed E-state index contributed by atoms with van der Waals surface area (Å²) >= 11 is 6.07. The molecule has 4 aromatic rings. The van der Waals surface area contributed by atoms with Gasteiger partial charge in [-0.3, -0.25) is 14.4 Å². The lowest BCUT2D eigenvalue weighted by atomic mass is 9.81. The molecule has 0 saturated heterocycles. The van der Waals surface area contributed by atoms with Gasteiger partial charge in [0, 0.05) is 46.7 Å². The summed E-state index contributed by atoms with van der Waals surface area (Å²) < 4.78 is 29.3. The molecule has 49 heavy (non-hydrogen) atoms. The molecule has 3 atom stereocenters. The van der Waals surface area contributed by atoms with E-state index in [2.05, 4.69) is 5.32 Å². The molecular weight excluding hydrogens is 652 g/mol. The van der Waals surface area contributed by atoms with Crippen LogP contribution < -0.4 is 10.2 Å². The molecule has 6 rings (SSSR count). The maximum absolute atomic E-state index is 13.8. The van der Waals surface area contributed by atoms with Gasteiger partial charge >= 0.3 is 0 Å². The van der Waals surface area contributed by atoms with E-state index in [1.807, 2.05) is 31.2 Å². The van der Waals surface area contributed by atoms with Crippen molar-refractivity contribution in [1.29, 1.82) is 0 Å². The molecule has 12 heteroatoms. The number of amides is 3. The number of furan rings is 1. The Balaban J connectivity index is 1.23. The van der Waals surface area contributed by atoms with Crippen molar-refractivity contribution >= 4 is 51.7 Å². The maximum Gasteiger partial charge on any atom is 0.290 e. The fourth-order valence-corrected chi connectivity index (χ4v) is 6.44. The van der Waals surface area contributed by atoms with Gasteiger partial charge in [-0.05, 0) is 74.4 Å². The number of nitrogens with zero attached hydrogens (tertiary/aromatic N) is 1. The lowest BCUT2D eigenvalue weighted by Gasteiger charge is -2.36. The van der Waals surface area contributed by atoms with Gasteiger partial charge in [0.15, 0.2) is 5.76 Å². The summed E-state index contributed by atoms with van der Waals surface area (Å²) in [5.74, 6) is -1.82. The lowest BCUT2D eigenvalue weighted by Crippen LogP contribution is -2.38.